The van der Waals surface area contributed by atoms with Gasteiger partial charge in [0.05, 0.1) is 17.4 Å². The van der Waals surface area contributed by atoms with Crippen molar-refractivity contribution in [3.63, 3.8) is 0 Å². The van der Waals surface area contributed by atoms with Gasteiger partial charge in [0.2, 0.25) is 5.91 Å². The van der Waals surface area contributed by atoms with Gasteiger partial charge in [-0.15, -0.1) is 0 Å². The minimum absolute atomic E-state index is 0.122. The van der Waals surface area contributed by atoms with Crippen LogP contribution in [0, 0.1) is 27.4 Å². The number of nitro groups is 1. The smallest absolute Gasteiger partial charge is 0.287 e. The molecule has 96 valence electrons. The van der Waals surface area contributed by atoms with E-state index in [0.29, 0.717) is 0 Å². The van der Waals surface area contributed by atoms with E-state index in [9.17, 15) is 14.9 Å². The highest BCUT2D eigenvalue weighted by Gasteiger charge is 2.23. The van der Waals surface area contributed by atoms with E-state index in [4.69, 9.17) is 5.26 Å². The van der Waals surface area contributed by atoms with Crippen molar-refractivity contribution in [2.75, 3.05) is 11.4 Å². The van der Waals surface area contributed by atoms with Crippen molar-refractivity contribution >= 4 is 27.4 Å². The quantitative estimate of drug-likeness (QED) is 0.600. The highest BCUT2D eigenvalue weighted by atomic mass is 32.1. The molecule has 0 saturated carbocycles. The second kappa shape index (κ2) is 6.07. The molecule has 0 N–H and O–H groups in total. The van der Waals surface area contributed by atoms with Gasteiger partial charge < -0.3 is 0 Å². The maximum absolute atomic E-state index is 11.9. The molecule has 0 fully saturated rings. The SMILES string of the molecule is CC(C)C(=O)N(CCC#N)c1ncc([N+](=O)[O-])s1. The number of carbonyl (C=O) groups excluding carboxylic acids is 1. The number of hydrogen-bond donors (Lipinski definition) is 0. The molecule has 1 aromatic rings. The summed E-state index contributed by atoms with van der Waals surface area (Å²) in [6, 6.07) is 1.94. The van der Waals surface area contributed by atoms with Gasteiger partial charge in [0.15, 0.2) is 5.13 Å². The highest BCUT2D eigenvalue weighted by molar-refractivity contribution is 7.18. The number of hydrogen-bond acceptors (Lipinski definition) is 6. The summed E-state index contributed by atoms with van der Waals surface area (Å²) >= 11 is 0.831. The Hall–Kier alpha value is -2.01. The Morgan fingerprint density at radius 1 is 1.72 bits per heavy atom. The van der Waals surface area contributed by atoms with Gasteiger partial charge in [-0.2, -0.15) is 5.26 Å². The first-order valence-electron chi connectivity index (χ1n) is 5.26. The Bertz CT molecular complexity index is 492. The molecule has 1 aromatic heterocycles. The molecular weight excluding hydrogens is 256 g/mol. The van der Waals surface area contributed by atoms with Crippen molar-refractivity contribution in [1.29, 1.82) is 5.26 Å². The van der Waals surface area contributed by atoms with Gasteiger partial charge in [-0.05, 0) is 11.3 Å². The van der Waals surface area contributed by atoms with Crippen LogP contribution in [0.2, 0.25) is 0 Å². The summed E-state index contributed by atoms with van der Waals surface area (Å²) in [4.78, 5) is 27.2. The molecule has 0 aromatic carbocycles. The highest BCUT2D eigenvalue weighted by Crippen LogP contribution is 2.29. The third kappa shape index (κ3) is 3.24. The first-order chi connectivity index (χ1) is 8.47. The summed E-state index contributed by atoms with van der Waals surface area (Å²) in [7, 11) is 0. The Morgan fingerprint density at radius 3 is 2.83 bits per heavy atom. The lowest BCUT2D eigenvalue weighted by molar-refractivity contribution is -0.380. The van der Waals surface area contributed by atoms with E-state index in [0.717, 1.165) is 17.5 Å². The van der Waals surface area contributed by atoms with E-state index in [1.807, 2.05) is 6.07 Å². The fraction of sp³-hybridized carbons (Fsp3) is 0.500. The standard InChI is InChI=1S/C10H12N4O3S/c1-7(2)9(15)13(5-3-4-11)10-12-6-8(18-10)14(16)17/h6-7H,3,5H2,1-2H3. The molecule has 0 atom stereocenters. The summed E-state index contributed by atoms with van der Waals surface area (Å²) in [5.74, 6) is -0.457. The molecular formula is C10H12N4O3S. The molecule has 0 radical (unpaired) electrons. The van der Waals surface area contributed by atoms with Crippen LogP contribution in [0.25, 0.3) is 0 Å². The lowest BCUT2D eigenvalue weighted by Crippen LogP contribution is -2.34. The van der Waals surface area contributed by atoms with Crippen molar-refractivity contribution in [2.45, 2.75) is 20.3 Å². The number of carbonyl (C=O) groups is 1. The zero-order valence-electron chi connectivity index (χ0n) is 9.99. The summed E-state index contributed by atoms with van der Waals surface area (Å²) in [5.41, 5.74) is 0. The van der Waals surface area contributed by atoms with Crippen LogP contribution in [0.1, 0.15) is 20.3 Å². The number of nitrogens with zero attached hydrogens (tertiary/aromatic N) is 4. The van der Waals surface area contributed by atoms with Gasteiger partial charge in [-0.25, -0.2) is 4.98 Å². The van der Waals surface area contributed by atoms with Gasteiger partial charge in [-0.1, -0.05) is 13.8 Å². The van der Waals surface area contributed by atoms with Crippen molar-refractivity contribution in [2.24, 2.45) is 5.92 Å². The number of nitriles is 1. The minimum Gasteiger partial charge on any atom is -0.287 e. The molecule has 0 bridgehead atoms. The van der Waals surface area contributed by atoms with Gasteiger partial charge in [-0.3, -0.25) is 19.8 Å². The maximum atomic E-state index is 11.9. The average molecular weight is 268 g/mol. The second-order valence-corrected chi connectivity index (χ2v) is 4.78. The van der Waals surface area contributed by atoms with Crippen LogP contribution in [-0.2, 0) is 4.79 Å². The minimum atomic E-state index is -0.552. The number of aromatic nitrogens is 1. The van der Waals surface area contributed by atoms with E-state index in [1.165, 1.54) is 4.90 Å². The van der Waals surface area contributed by atoms with Crippen LogP contribution in [0.4, 0.5) is 10.1 Å². The molecule has 8 heteroatoms. The molecule has 7 nitrogen and oxygen atoms in total. The Balaban J connectivity index is 2.98. The van der Waals surface area contributed by atoms with Gasteiger partial charge in [0, 0.05) is 12.5 Å². The summed E-state index contributed by atoms with van der Waals surface area (Å²) < 4.78 is 0. The number of rotatable bonds is 5. The van der Waals surface area contributed by atoms with Gasteiger partial charge in [0.25, 0.3) is 0 Å². The first-order valence-corrected chi connectivity index (χ1v) is 6.07. The molecule has 0 aliphatic carbocycles. The average Bonchev–Trinajstić information content (AvgIpc) is 2.78. The zero-order chi connectivity index (χ0) is 13.7. The normalized spacial score (nSPS) is 10.1. The van der Waals surface area contributed by atoms with E-state index in [-0.39, 0.29) is 34.9 Å². The predicted molar refractivity (Wildman–Crippen MR) is 66.2 cm³/mol. The third-order valence-corrected chi connectivity index (χ3v) is 3.07. The molecule has 1 rings (SSSR count). The van der Waals surface area contributed by atoms with Crippen molar-refractivity contribution < 1.29 is 9.72 Å². The molecule has 1 heterocycles. The largest absolute Gasteiger partial charge is 0.345 e. The van der Waals surface area contributed by atoms with E-state index in [2.05, 4.69) is 4.98 Å². The van der Waals surface area contributed by atoms with E-state index < -0.39 is 4.92 Å². The van der Waals surface area contributed by atoms with Crippen molar-refractivity contribution in [3.8, 4) is 6.07 Å². The van der Waals surface area contributed by atoms with Crippen LogP contribution >= 0.6 is 11.3 Å². The summed E-state index contributed by atoms with van der Waals surface area (Å²) in [6.07, 6.45) is 1.28. The van der Waals surface area contributed by atoms with Crippen LogP contribution < -0.4 is 4.90 Å². The van der Waals surface area contributed by atoms with Crippen LogP contribution in [0.5, 0.6) is 0 Å². The van der Waals surface area contributed by atoms with Crippen molar-refractivity contribution in [1.82, 2.24) is 4.98 Å². The van der Waals surface area contributed by atoms with Crippen molar-refractivity contribution in [3.05, 3.63) is 16.3 Å². The zero-order valence-corrected chi connectivity index (χ0v) is 10.8. The Morgan fingerprint density at radius 2 is 2.39 bits per heavy atom. The number of anilines is 1. The van der Waals surface area contributed by atoms with Gasteiger partial charge in [0.1, 0.15) is 6.20 Å². The van der Waals surface area contributed by atoms with Crippen LogP contribution in [-0.4, -0.2) is 22.4 Å². The lowest BCUT2D eigenvalue weighted by Gasteiger charge is -2.20. The fourth-order valence-corrected chi connectivity index (χ4v) is 2.00. The molecule has 18 heavy (non-hydrogen) atoms. The number of amides is 1. The monoisotopic (exact) mass is 268 g/mol. The lowest BCUT2D eigenvalue weighted by atomic mass is 10.2. The third-order valence-electron chi connectivity index (χ3n) is 2.10. The van der Waals surface area contributed by atoms with Crippen LogP contribution in [0.15, 0.2) is 6.20 Å². The number of thiazole rings is 1. The first kappa shape index (κ1) is 14.1. The topological polar surface area (TPSA) is 100 Å². The molecule has 0 aliphatic rings. The Kier molecular flexibility index (Phi) is 4.74. The maximum Gasteiger partial charge on any atom is 0.345 e. The summed E-state index contributed by atoms with van der Waals surface area (Å²) in [5, 5.41) is 19.3. The van der Waals surface area contributed by atoms with E-state index in [1.54, 1.807) is 13.8 Å². The molecule has 1 amide bonds. The summed E-state index contributed by atoms with van der Waals surface area (Å²) in [6.45, 7) is 3.64. The van der Waals surface area contributed by atoms with Crippen LogP contribution in [0.3, 0.4) is 0 Å². The Labute approximate surface area is 108 Å². The molecule has 0 spiro atoms. The predicted octanol–water partition coefficient (Wildman–Crippen LogP) is 1.95. The van der Waals surface area contributed by atoms with Gasteiger partial charge >= 0.3 is 5.00 Å². The fourth-order valence-electron chi connectivity index (χ4n) is 1.24. The van der Waals surface area contributed by atoms with E-state index >= 15 is 0 Å². The molecule has 0 saturated heterocycles. The molecule has 0 unspecified atom stereocenters. The second-order valence-electron chi connectivity index (χ2n) is 3.79. The molecule has 0 aliphatic heterocycles.